The molecule has 1 aromatic rings. The number of likely N-dealkylation sites (N-methyl/N-ethyl adjacent to an activating group) is 1. The lowest BCUT2D eigenvalue weighted by Crippen LogP contribution is -2.38. The van der Waals surface area contributed by atoms with Crippen molar-refractivity contribution in [3.8, 4) is 0 Å². The van der Waals surface area contributed by atoms with Crippen LogP contribution in [0.2, 0.25) is 0 Å². The molecule has 0 aliphatic heterocycles. The highest BCUT2D eigenvalue weighted by molar-refractivity contribution is 5.91. The summed E-state index contributed by atoms with van der Waals surface area (Å²) in [6, 6.07) is 3.63. The Balaban J connectivity index is 2.46. The smallest absolute Gasteiger partial charge is 0.287 e. The molecule has 1 atom stereocenters. The average molecular weight is 225 g/mol. The van der Waals surface area contributed by atoms with Crippen LogP contribution in [-0.2, 0) is 6.54 Å². The van der Waals surface area contributed by atoms with E-state index in [-0.39, 0.29) is 11.9 Å². The van der Waals surface area contributed by atoms with E-state index in [4.69, 9.17) is 10.2 Å². The fourth-order valence-electron chi connectivity index (χ4n) is 1.12. The Morgan fingerprint density at radius 1 is 1.56 bits per heavy atom. The van der Waals surface area contributed by atoms with Crippen molar-refractivity contribution >= 4 is 5.91 Å². The van der Waals surface area contributed by atoms with E-state index in [1.807, 2.05) is 25.9 Å². The van der Waals surface area contributed by atoms with E-state index in [2.05, 4.69) is 5.32 Å². The van der Waals surface area contributed by atoms with Crippen molar-refractivity contribution < 1.29 is 9.21 Å². The molecule has 3 N–H and O–H groups in total. The van der Waals surface area contributed by atoms with Crippen molar-refractivity contribution in [3.05, 3.63) is 23.7 Å². The van der Waals surface area contributed by atoms with Crippen molar-refractivity contribution in [3.63, 3.8) is 0 Å². The number of carbonyl (C=O) groups is 1. The van der Waals surface area contributed by atoms with Crippen LogP contribution in [0.1, 0.15) is 23.2 Å². The van der Waals surface area contributed by atoms with Gasteiger partial charge in [0.05, 0.1) is 6.54 Å². The Hall–Kier alpha value is -1.33. The van der Waals surface area contributed by atoms with Crippen molar-refractivity contribution in [1.29, 1.82) is 0 Å². The van der Waals surface area contributed by atoms with E-state index in [9.17, 15) is 4.79 Å². The first-order valence-electron chi connectivity index (χ1n) is 5.28. The first-order chi connectivity index (χ1) is 7.54. The maximum Gasteiger partial charge on any atom is 0.287 e. The maximum atomic E-state index is 11.6. The minimum atomic E-state index is -0.201. The van der Waals surface area contributed by atoms with Gasteiger partial charge in [-0.2, -0.15) is 0 Å². The molecule has 1 heterocycles. The Bertz CT molecular complexity index is 347. The summed E-state index contributed by atoms with van der Waals surface area (Å²) in [5.74, 6) is 0.727. The molecular formula is C11H19N3O2. The van der Waals surface area contributed by atoms with E-state index in [1.165, 1.54) is 0 Å². The van der Waals surface area contributed by atoms with Gasteiger partial charge < -0.3 is 20.4 Å². The van der Waals surface area contributed by atoms with Gasteiger partial charge in [-0.25, -0.2) is 0 Å². The molecule has 5 nitrogen and oxygen atoms in total. The Kier molecular flexibility index (Phi) is 4.52. The molecule has 1 amide bonds. The number of carbonyl (C=O) groups excluding carboxylic acids is 1. The standard InChI is InChI=1S/C11H19N3O2/c1-8(14(2)3)7-13-11(15)10-5-4-9(6-12)16-10/h4-5,8H,6-7,12H2,1-3H3,(H,13,15). The summed E-state index contributed by atoms with van der Waals surface area (Å²) in [5, 5.41) is 2.80. The minimum absolute atomic E-state index is 0.201. The van der Waals surface area contributed by atoms with Crippen molar-refractivity contribution in [1.82, 2.24) is 10.2 Å². The van der Waals surface area contributed by atoms with Crippen LogP contribution in [0.5, 0.6) is 0 Å². The van der Waals surface area contributed by atoms with Gasteiger partial charge in [-0.1, -0.05) is 0 Å². The molecule has 90 valence electrons. The summed E-state index contributed by atoms with van der Waals surface area (Å²) < 4.78 is 5.24. The van der Waals surface area contributed by atoms with Crippen LogP contribution in [0.25, 0.3) is 0 Å². The second-order valence-electron chi connectivity index (χ2n) is 3.99. The first-order valence-corrected chi connectivity index (χ1v) is 5.28. The van der Waals surface area contributed by atoms with Gasteiger partial charge in [-0.05, 0) is 33.2 Å². The highest BCUT2D eigenvalue weighted by Crippen LogP contribution is 2.06. The van der Waals surface area contributed by atoms with E-state index in [0.717, 1.165) is 0 Å². The van der Waals surface area contributed by atoms with E-state index < -0.39 is 0 Å². The molecule has 0 aromatic carbocycles. The van der Waals surface area contributed by atoms with Crippen molar-refractivity contribution in [2.75, 3.05) is 20.6 Å². The van der Waals surface area contributed by atoms with E-state index in [0.29, 0.717) is 24.6 Å². The summed E-state index contributed by atoms with van der Waals surface area (Å²) in [6.45, 7) is 2.93. The number of hydrogen-bond acceptors (Lipinski definition) is 4. The molecule has 16 heavy (non-hydrogen) atoms. The molecule has 0 fully saturated rings. The number of furan rings is 1. The van der Waals surface area contributed by atoms with Crippen LogP contribution in [0, 0.1) is 0 Å². The summed E-state index contributed by atoms with van der Waals surface area (Å²) in [4.78, 5) is 13.7. The lowest BCUT2D eigenvalue weighted by atomic mass is 10.3. The summed E-state index contributed by atoms with van der Waals surface area (Å²) >= 11 is 0. The average Bonchev–Trinajstić information content (AvgIpc) is 2.73. The fraction of sp³-hybridized carbons (Fsp3) is 0.545. The zero-order valence-corrected chi connectivity index (χ0v) is 9.99. The molecule has 0 saturated heterocycles. The molecule has 1 aromatic heterocycles. The van der Waals surface area contributed by atoms with Crippen LogP contribution in [0.3, 0.4) is 0 Å². The van der Waals surface area contributed by atoms with Crippen LogP contribution in [-0.4, -0.2) is 37.5 Å². The normalized spacial score (nSPS) is 12.8. The summed E-state index contributed by atoms with van der Waals surface area (Å²) in [6.07, 6.45) is 0. The van der Waals surface area contributed by atoms with Crippen LogP contribution in [0.4, 0.5) is 0 Å². The summed E-state index contributed by atoms with van der Waals surface area (Å²) in [7, 11) is 3.94. The quantitative estimate of drug-likeness (QED) is 0.761. The fourth-order valence-corrected chi connectivity index (χ4v) is 1.12. The molecule has 0 bridgehead atoms. The van der Waals surface area contributed by atoms with Gasteiger partial charge in [0.15, 0.2) is 5.76 Å². The lowest BCUT2D eigenvalue weighted by Gasteiger charge is -2.19. The molecule has 1 unspecified atom stereocenters. The monoisotopic (exact) mass is 225 g/mol. The van der Waals surface area contributed by atoms with Crippen LogP contribution < -0.4 is 11.1 Å². The second-order valence-corrected chi connectivity index (χ2v) is 3.99. The first kappa shape index (κ1) is 12.7. The largest absolute Gasteiger partial charge is 0.455 e. The highest BCUT2D eigenvalue weighted by atomic mass is 16.4. The van der Waals surface area contributed by atoms with Gasteiger partial charge >= 0.3 is 0 Å². The molecule has 0 spiro atoms. The van der Waals surface area contributed by atoms with Gasteiger partial charge in [0.2, 0.25) is 0 Å². The third kappa shape index (κ3) is 3.36. The molecule has 0 radical (unpaired) electrons. The van der Waals surface area contributed by atoms with Crippen LogP contribution in [0.15, 0.2) is 16.5 Å². The van der Waals surface area contributed by atoms with E-state index in [1.54, 1.807) is 12.1 Å². The van der Waals surface area contributed by atoms with E-state index >= 15 is 0 Å². The number of nitrogens with two attached hydrogens (primary N) is 1. The molecular weight excluding hydrogens is 206 g/mol. The second kappa shape index (κ2) is 5.67. The number of nitrogens with one attached hydrogen (secondary N) is 1. The molecule has 0 saturated carbocycles. The predicted octanol–water partition coefficient (Wildman–Crippen LogP) is 0.418. The van der Waals surface area contributed by atoms with Gasteiger partial charge in [0.25, 0.3) is 5.91 Å². The maximum absolute atomic E-state index is 11.6. The zero-order valence-electron chi connectivity index (χ0n) is 9.99. The molecule has 5 heteroatoms. The Morgan fingerprint density at radius 2 is 2.25 bits per heavy atom. The van der Waals surface area contributed by atoms with Crippen LogP contribution >= 0.6 is 0 Å². The summed E-state index contributed by atoms with van der Waals surface area (Å²) in [5.41, 5.74) is 5.39. The van der Waals surface area contributed by atoms with Gasteiger partial charge in [0.1, 0.15) is 5.76 Å². The van der Waals surface area contributed by atoms with Crippen molar-refractivity contribution in [2.45, 2.75) is 19.5 Å². The van der Waals surface area contributed by atoms with Gasteiger partial charge in [0, 0.05) is 12.6 Å². The van der Waals surface area contributed by atoms with Gasteiger partial charge in [-0.3, -0.25) is 4.79 Å². The highest BCUT2D eigenvalue weighted by Gasteiger charge is 2.12. The SMILES string of the molecule is CC(CNC(=O)c1ccc(CN)o1)N(C)C. The number of rotatable bonds is 5. The molecule has 1 rings (SSSR count). The Labute approximate surface area is 95.6 Å². The molecule has 0 aliphatic carbocycles. The number of amides is 1. The molecule has 0 aliphatic rings. The predicted molar refractivity (Wildman–Crippen MR) is 62.1 cm³/mol. The Morgan fingerprint density at radius 3 is 2.75 bits per heavy atom. The number of nitrogens with zero attached hydrogens (tertiary/aromatic N) is 1. The van der Waals surface area contributed by atoms with Crippen molar-refractivity contribution in [2.24, 2.45) is 5.73 Å². The number of hydrogen-bond donors (Lipinski definition) is 2. The van der Waals surface area contributed by atoms with Gasteiger partial charge in [-0.15, -0.1) is 0 Å². The lowest BCUT2D eigenvalue weighted by molar-refractivity contribution is 0.0914. The minimum Gasteiger partial charge on any atom is -0.455 e. The third-order valence-corrected chi connectivity index (χ3v) is 2.53. The third-order valence-electron chi connectivity index (χ3n) is 2.53. The topological polar surface area (TPSA) is 71.5 Å². The zero-order chi connectivity index (χ0) is 12.1.